The standard InChI is InChI=1S/C14H16F3NO2/c1-18(11-7-4-8-12(11)19)13(20)9-5-2-3-6-10(9)14(15,16)17/h2-3,5-6,11-12,19H,4,7-8H2,1H3. The van der Waals surface area contributed by atoms with Crippen molar-refractivity contribution in [2.45, 2.75) is 37.6 Å². The van der Waals surface area contributed by atoms with Crippen LogP contribution in [0.5, 0.6) is 0 Å². The molecule has 6 heteroatoms. The van der Waals surface area contributed by atoms with Gasteiger partial charge in [-0.1, -0.05) is 12.1 Å². The number of halogens is 3. The highest BCUT2D eigenvalue weighted by Crippen LogP contribution is 2.33. The molecule has 0 spiro atoms. The Hall–Kier alpha value is -1.56. The van der Waals surface area contributed by atoms with E-state index in [9.17, 15) is 23.1 Å². The van der Waals surface area contributed by atoms with Crippen LogP contribution in [0.15, 0.2) is 24.3 Å². The second-order valence-corrected chi connectivity index (χ2v) is 5.02. The summed E-state index contributed by atoms with van der Waals surface area (Å²) in [5.41, 5.74) is -1.31. The number of aliphatic hydroxyl groups excluding tert-OH is 1. The lowest BCUT2D eigenvalue weighted by Crippen LogP contribution is -2.42. The molecule has 1 fully saturated rings. The molecule has 0 aliphatic heterocycles. The van der Waals surface area contributed by atoms with Gasteiger partial charge in [0.2, 0.25) is 0 Å². The maximum Gasteiger partial charge on any atom is 0.417 e. The lowest BCUT2D eigenvalue weighted by Gasteiger charge is -2.28. The number of benzene rings is 1. The van der Waals surface area contributed by atoms with Crippen molar-refractivity contribution < 1.29 is 23.1 Å². The highest BCUT2D eigenvalue weighted by atomic mass is 19.4. The molecule has 1 saturated carbocycles. The molecule has 2 rings (SSSR count). The van der Waals surface area contributed by atoms with Gasteiger partial charge in [-0.3, -0.25) is 4.79 Å². The van der Waals surface area contributed by atoms with Crippen molar-refractivity contribution in [3.8, 4) is 0 Å². The van der Waals surface area contributed by atoms with Crippen molar-refractivity contribution >= 4 is 5.91 Å². The number of nitrogens with zero attached hydrogens (tertiary/aromatic N) is 1. The SMILES string of the molecule is CN(C(=O)c1ccccc1C(F)(F)F)C1CCCC1O. The quantitative estimate of drug-likeness (QED) is 0.908. The molecule has 20 heavy (non-hydrogen) atoms. The summed E-state index contributed by atoms with van der Waals surface area (Å²) in [6.07, 6.45) is -3.28. The van der Waals surface area contributed by atoms with Crippen molar-refractivity contribution in [3.05, 3.63) is 35.4 Å². The van der Waals surface area contributed by atoms with Crippen LogP contribution in [0.2, 0.25) is 0 Å². The number of amides is 1. The van der Waals surface area contributed by atoms with Gasteiger partial charge in [-0.25, -0.2) is 0 Å². The van der Waals surface area contributed by atoms with E-state index in [4.69, 9.17) is 0 Å². The Bertz CT molecular complexity index is 501. The van der Waals surface area contributed by atoms with Crippen molar-refractivity contribution in [1.82, 2.24) is 4.90 Å². The first-order valence-electron chi connectivity index (χ1n) is 6.44. The molecule has 3 nitrogen and oxygen atoms in total. The van der Waals surface area contributed by atoms with E-state index >= 15 is 0 Å². The molecule has 0 saturated heterocycles. The lowest BCUT2D eigenvalue weighted by atomic mass is 10.0. The molecule has 0 heterocycles. The number of hydrogen-bond acceptors (Lipinski definition) is 2. The van der Waals surface area contributed by atoms with Crippen molar-refractivity contribution in [1.29, 1.82) is 0 Å². The molecular weight excluding hydrogens is 271 g/mol. The largest absolute Gasteiger partial charge is 0.417 e. The first-order valence-corrected chi connectivity index (χ1v) is 6.44. The van der Waals surface area contributed by atoms with Crippen molar-refractivity contribution in [2.75, 3.05) is 7.05 Å². The van der Waals surface area contributed by atoms with Gasteiger partial charge in [0.15, 0.2) is 0 Å². The predicted molar refractivity (Wildman–Crippen MR) is 67.2 cm³/mol. The third-order valence-corrected chi connectivity index (χ3v) is 3.72. The summed E-state index contributed by atoms with van der Waals surface area (Å²) in [5, 5.41) is 9.77. The summed E-state index contributed by atoms with van der Waals surface area (Å²) in [6.45, 7) is 0. The average molecular weight is 287 g/mol. The normalized spacial score (nSPS) is 22.9. The molecular formula is C14H16F3NO2. The fourth-order valence-corrected chi connectivity index (χ4v) is 2.63. The molecule has 1 aliphatic rings. The van der Waals surface area contributed by atoms with Crippen molar-refractivity contribution in [3.63, 3.8) is 0 Å². The summed E-state index contributed by atoms with van der Waals surface area (Å²) in [6, 6.07) is 4.31. The molecule has 1 aromatic carbocycles. The van der Waals surface area contributed by atoms with Gasteiger partial charge < -0.3 is 10.0 Å². The Kier molecular flexibility index (Phi) is 4.04. The third-order valence-electron chi connectivity index (χ3n) is 3.72. The van der Waals surface area contributed by atoms with Crippen LogP contribution < -0.4 is 0 Å². The highest BCUT2D eigenvalue weighted by molar-refractivity contribution is 5.96. The third kappa shape index (κ3) is 2.80. The van der Waals surface area contributed by atoms with E-state index in [-0.39, 0.29) is 5.56 Å². The molecule has 2 unspecified atom stereocenters. The number of likely N-dealkylation sites (N-methyl/N-ethyl adjacent to an activating group) is 1. The summed E-state index contributed by atoms with van der Waals surface area (Å²) < 4.78 is 38.7. The average Bonchev–Trinajstić information content (AvgIpc) is 2.82. The molecule has 1 aliphatic carbocycles. The number of aliphatic hydroxyl groups is 1. The molecule has 1 amide bonds. The Balaban J connectivity index is 2.30. The van der Waals surface area contributed by atoms with Gasteiger partial charge in [0, 0.05) is 7.05 Å². The second-order valence-electron chi connectivity index (χ2n) is 5.02. The van der Waals surface area contributed by atoms with Crippen molar-refractivity contribution in [2.24, 2.45) is 0 Å². The molecule has 1 N–H and O–H groups in total. The van der Waals surface area contributed by atoms with Crippen LogP contribution in [0.25, 0.3) is 0 Å². The smallest absolute Gasteiger partial charge is 0.391 e. The van der Waals surface area contributed by atoms with Crippen LogP contribution >= 0.6 is 0 Å². The zero-order chi connectivity index (χ0) is 14.9. The minimum absolute atomic E-state index is 0.374. The van der Waals surface area contributed by atoms with Crippen LogP contribution in [0.3, 0.4) is 0 Å². The van der Waals surface area contributed by atoms with Gasteiger partial charge in [0.05, 0.1) is 23.3 Å². The number of hydrogen-bond donors (Lipinski definition) is 1. The first-order chi connectivity index (χ1) is 9.32. The number of carbonyl (C=O) groups excluding carboxylic acids is 1. The number of rotatable bonds is 2. The van der Waals surface area contributed by atoms with Crippen LogP contribution in [-0.4, -0.2) is 35.1 Å². The predicted octanol–water partition coefficient (Wildman–Crippen LogP) is 2.69. The monoisotopic (exact) mass is 287 g/mol. The molecule has 0 radical (unpaired) electrons. The number of carbonyl (C=O) groups is 1. The fraction of sp³-hybridized carbons (Fsp3) is 0.500. The minimum Gasteiger partial charge on any atom is -0.391 e. The minimum atomic E-state index is -4.57. The van der Waals surface area contributed by atoms with Gasteiger partial charge in [-0.05, 0) is 31.4 Å². The van der Waals surface area contributed by atoms with Gasteiger partial charge in [0.25, 0.3) is 5.91 Å². The summed E-state index contributed by atoms with van der Waals surface area (Å²) >= 11 is 0. The van der Waals surface area contributed by atoms with Gasteiger partial charge in [0.1, 0.15) is 0 Å². The highest BCUT2D eigenvalue weighted by Gasteiger charge is 2.38. The Morgan fingerprint density at radius 2 is 1.95 bits per heavy atom. The maximum atomic E-state index is 12.9. The van der Waals surface area contributed by atoms with Crippen LogP contribution in [-0.2, 0) is 6.18 Å². The van der Waals surface area contributed by atoms with E-state index in [0.717, 1.165) is 12.5 Å². The fourth-order valence-electron chi connectivity index (χ4n) is 2.63. The summed E-state index contributed by atoms with van der Waals surface area (Å²) in [5.74, 6) is -0.705. The topological polar surface area (TPSA) is 40.5 Å². The Labute approximate surface area is 115 Å². The summed E-state index contributed by atoms with van der Waals surface area (Å²) in [7, 11) is 1.44. The van der Waals surface area contributed by atoms with Crippen LogP contribution in [0.1, 0.15) is 35.2 Å². The molecule has 1 aromatic rings. The van der Waals surface area contributed by atoms with Gasteiger partial charge in [-0.15, -0.1) is 0 Å². The zero-order valence-corrected chi connectivity index (χ0v) is 11.0. The van der Waals surface area contributed by atoms with E-state index in [2.05, 4.69) is 0 Å². The Morgan fingerprint density at radius 1 is 1.30 bits per heavy atom. The zero-order valence-electron chi connectivity index (χ0n) is 11.0. The Morgan fingerprint density at radius 3 is 2.50 bits per heavy atom. The second kappa shape index (κ2) is 5.44. The molecule has 0 aromatic heterocycles. The number of alkyl halides is 3. The molecule has 110 valence electrons. The van der Waals surface area contributed by atoms with Crippen LogP contribution in [0, 0.1) is 0 Å². The van der Waals surface area contributed by atoms with Crippen LogP contribution in [0.4, 0.5) is 13.2 Å². The maximum absolute atomic E-state index is 12.9. The lowest BCUT2D eigenvalue weighted by molar-refractivity contribution is -0.138. The molecule has 2 atom stereocenters. The van der Waals surface area contributed by atoms with E-state index in [1.807, 2.05) is 0 Å². The summed E-state index contributed by atoms with van der Waals surface area (Å²) in [4.78, 5) is 13.5. The van der Waals surface area contributed by atoms with Gasteiger partial charge in [-0.2, -0.15) is 13.2 Å². The molecule has 0 bridgehead atoms. The van der Waals surface area contributed by atoms with E-state index < -0.39 is 29.8 Å². The van der Waals surface area contributed by atoms with Gasteiger partial charge >= 0.3 is 6.18 Å². The van der Waals surface area contributed by atoms with E-state index in [1.165, 1.54) is 30.1 Å². The van der Waals surface area contributed by atoms with E-state index in [0.29, 0.717) is 12.8 Å². The van der Waals surface area contributed by atoms with E-state index in [1.54, 1.807) is 0 Å². The first kappa shape index (κ1) is 14.8.